The summed E-state index contributed by atoms with van der Waals surface area (Å²) in [7, 11) is 0. The second-order valence-electron chi connectivity index (χ2n) is 11.1. The van der Waals surface area contributed by atoms with E-state index in [2.05, 4.69) is 15.2 Å². The van der Waals surface area contributed by atoms with E-state index in [-0.39, 0.29) is 5.56 Å². The highest BCUT2D eigenvalue weighted by Gasteiger charge is 2.21. The Morgan fingerprint density at radius 1 is 0.953 bits per heavy atom. The number of aromatic nitrogens is 5. The van der Waals surface area contributed by atoms with Gasteiger partial charge in [0.1, 0.15) is 17.7 Å². The number of hydrogen-bond acceptors (Lipinski definition) is 7. The van der Waals surface area contributed by atoms with Crippen molar-refractivity contribution in [1.29, 1.82) is 0 Å². The fraction of sp³-hybridized carbons (Fsp3) is 0.273. The monoisotopic (exact) mass is 593 g/mol. The molecule has 7 rings (SSSR count). The van der Waals surface area contributed by atoms with Crippen molar-refractivity contribution >= 4 is 51.1 Å². The predicted molar refractivity (Wildman–Crippen MR) is 171 cm³/mol. The average molecular weight is 594 g/mol. The first-order valence-electron chi connectivity index (χ1n) is 14.7. The molecule has 6 aromatic rings. The minimum atomic E-state index is -0.226. The van der Waals surface area contributed by atoms with E-state index in [0.29, 0.717) is 45.8 Å². The van der Waals surface area contributed by atoms with E-state index >= 15 is 0 Å². The number of piperidine rings is 1. The number of ether oxygens (including phenoxy) is 1. The molecule has 1 fully saturated rings. The molecule has 0 saturated carbocycles. The number of nitrogens with zero attached hydrogens (tertiary/aromatic N) is 6. The zero-order chi connectivity index (χ0) is 29.5. The predicted octanol–water partition coefficient (Wildman–Crippen LogP) is 6.46. The lowest BCUT2D eigenvalue weighted by atomic mass is 10.1. The van der Waals surface area contributed by atoms with Crippen molar-refractivity contribution in [3.05, 3.63) is 93.4 Å². The summed E-state index contributed by atoms with van der Waals surface area (Å²) >= 11 is 6.59. The van der Waals surface area contributed by atoms with Crippen LogP contribution in [0.5, 0.6) is 5.75 Å². The van der Waals surface area contributed by atoms with Crippen LogP contribution in [0, 0.1) is 13.8 Å². The van der Waals surface area contributed by atoms with E-state index in [4.69, 9.17) is 26.3 Å². The van der Waals surface area contributed by atoms with Crippen LogP contribution < -0.4 is 15.6 Å². The van der Waals surface area contributed by atoms with Gasteiger partial charge in [0.15, 0.2) is 5.65 Å². The highest BCUT2D eigenvalue weighted by Crippen LogP contribution is 2.30. The minimum absolute atomic E-state index is 0.226. The second kappa shape index (κ2) is 11.3. The highest BCUT2D eigenvalue weighted by atomic mass is 35.5. The van der Waals surface area contributed by atoms with Crippen molar-refractivity contribution in [3.8, 4) is 11.4 Å². The molecule has 0 bridgehead atoms. The lowest BCUT2D eigenvalue weighted by molar-refractivity contribution is 0.183. The molecular formula is C33H32ClN7O2. The lowest BCUT2D eigenvalue weighted by Crippen LogP contribution is -2.33. The number of fused-ring (bicyclic) bond motifs is 5. The van der Waals surface area contributed by atoms with Crippen molar-refractivity contribution in [2.24, 2.45) is 0 Å². The molecule has 0 aliphatic carbocycles. The molecule has 0 amide bonds. The van der Waals surface area contributed by atoms with Crippen molar-refractivity contribution in [1.82, 2.24) is 28.8 Å². The number of halogens is 1. The number of likely N-dealkylation sites (tertiary alicyclic amines) is 1. The number of imidazole rings is 1. The van der Waals surface area contributed by atoms with Crippen LogP contribution in [0.15, 0.2) is 71.7 Å². The maximum absolute atomic E-state index is 14.0. The molecule has 4 heterocycles. The van der Waals surface area contributed by atoms with Gasteiger partial charge in [-0.2, -0.15) is 4.98 Å². The van der Waals surface area contributed by atoms with E-state index in [0.717, 1.165) is 47.5 Å². The van der Waals surface area contributed by atoms with Crippen molar-refractivity contribution in [2.75, 3.05) is 31.6 Å². The zero-order valence-corrected chi connectivity index (χ0v) is 24.9. The summed E-state index contributed by atoms with van der Waals surface area (Å²) in [6.07, 6.45) is 5.39. The maximum Gasteiger partial charge on any atom is 0.270 e. The molecule has 0 radical (unpaired) electrons. The second-order valence-corrected chi connectivity index (χ2v) is 11.5. The summed E-state index contributed by atoms with van der Waals surface area (Å²) < 4.78 is 9.58. The van der Waals surface area contributed by atoms with Crippen molar-refractivity contribution in [2.45, 2.75) is 33.1 Å². The zero-order valence-electron chi connectivity index (χ0n) is 24.2. The van der Waals surface area contributed by atoms with Gasteiger partial charge in [0, 0.05) is 18.4 Å². The molecule has 218 valence electrons. The molecule has 0 spiro atoms. The summed E-state index contributed by atoms with van der Waals surface area (Å²) in [5.74, 6) is 1.47. The summed E-state index contributed by atoms with van der Waals surface area (Å²) in [6, 6.07) is 19.3. The molecule has 1 aliphatic rings. The van der Waals surface area contributed by atoms with Gasteiger partial charge in [0.2, 0.25) is 11.7 Å². The Kier molecular flexibility index (Phi) is 7.20. The Morgan fingerprint density at radius 3 is 2.53 bits per heavy atom. The highest BCUT2D eigenvalue weighted by molar-refractivity contribution is 6.32. The smallest absolute Gasteiger partial charge is 0.270 e. The molecule has 9 nitrogen and oxygen atoms in total. The van der Waals surface area contributed by atoms with Gasteiger partial charge in [-0.15, -0.1) is 0 Å². The Balaban J connectivity index is 1.25. The van der Waals surface area contributed by atoms with E-state index in [9.17, 15) is 4.79 Å². The SMILES string of the molecule is Cc1cccc(C)c1-n1c(=O)c2cnc(Nc3ccc(OCCN4CCCCC4)c(Cl)c3)nc2n2c3ccccc3nc12. The van der Waals surface area contributed by atoms with Gasteiger partial charge in [-0.1, -0.05) is 48.4 Å². The van der Waals surface area contributed by atoms with Gasteiger partial charge >= 0.3 is 0 Å². The average Bonchev–Trinajstić information content (AvgIpc) is 3.40. The van der Waals surface area contributed by atoms with Crippen molar-refractivity contribution in [3.63, 3.8) is 0 Å². The lowest BCUT2D eigenvalue weighted by Gasteiger charge is -2.26. The van der Waals surface area contributed by atoms with E-state index < -0.39 is 0 Å². The topological polar surface area (TPSA) is 89.6 Å². The summed E-state index contributed by atoms with van der Waals surface area (Å²) in [5.41, 5.74) is 5.34. The third-order valence-electron chi connectivity index (χ3n) is 8.12. The normalized spacial score (nSPS) is 14.1. The van der Waals surface area contributed by atoms with Crippen LogP contribution in [0.1, 0.15) is 30.4 Å². The van der Waals surface area contributed by atoms with Crippen LogP contribution in [-0.4, -0.2) is 55.1 Å². The first-order valence-corrected chi connectivity index (χ1v) is 15.0. The van der Waals surface area contributed by atoms with Gasteiger partial charge in [0.05, 0.1) is 21.7 Å². The van der Waals surface area contributed by atoms with Crippen LogP contribution in [0.4, 0.5) is 11.6 Å². The Morgan fingerprint density at radius 2 is 1.74 bits per heavy atom. The molecule has 3 aromatic heterocycles. The third kappa shape index (κ3) is 5.08. The fourth-order valence-corrected chi connectivity index (χ4v) is 6.23. The largest absolute Gasteiger partial charge is 0.491 e. The molecule has 3 aromatic carbocycles. The Labute approximate surface area is 253 Å². The Bertz CT molecular complexity index is 2030. The summed E-state index contributed by atoms with van der Waals surface area (Å²) in [5, 5.41) is 4.14. The first-order chi connectivity index (χ1) is 21.0. The van der Waals surface area contributed by atoms with Gasteiger partial charge < -0.3 is 10.1 Å². The molecule has 43 heavy (non-hydrogen) atoms. The van der Waals surface area contributed by atoms with Gasteiger partial charge in [-0.3, -0.25) is 14.1 Å². The Hall–Kier alpha value is -4.47. The quantitative estimate of drug-likeness (QED) is 0.227. The number of nitrogens with one attached hydrogen (secondary N) is 1. The molecule has 0 atom stereocenters. The number of benzene rings is 3. The van der Waals surface area contributed by atoms with E-state index in [1.54, 1.807) is 16.8 Å². The van der Waals surface area contributed by atoms with Crippen LogP contribution in [0.25, 0.3) is 33.5 Å². The first kappa shape index (κ1) is 27.4. The van der Waals surface area contributed by atoms with Crippen LogP contribution in [0.3, 0.4) is 0 Å². The minimum Gasteiger partial charge on any atom is -0.491 e. The van der Waals surface area contributed by atoms with Crippen LogP contribution in [-0.2, 0) is 0 Å². The summed E-state index contributed by atoms with van der Waals surface area (Å²) in [6.45, 7) is 7.74. The van der Waals surface area contributed by atoms with Crippen LogP contribution in [0.2, 0.25) is 5.02 Å². The molecule has 0 unspecified atom stereocenters. The maximum atomic E-state index is 14.0. The molecule has 1 N–H and O–H groups in total. The van der Waals surface area contributed by atoms with Gasteiger partial charge in [-0.25, -0.2) is 14.5 Å². The van der Waals surface area contributed by atoms with Crippen LogP contribution >= 0.6 is 11.6 Å². The fourth-order valence-electron chi connectivity index (χ4n) is 5.99. The molecule has 1 saturated heterocycles. The number of anilines is 2. The molecular weight excluding hydrogens is 562 g/mol. The number of aryl methyl sites for hydroxylation is 2. The number of hydrogen-bond donors (Lipinski definition) is 1. The van der Waals surface area contributed by atoms with E-state index in [1.807, 2.05) is 72.8 Å². The number of rotatable bonds is 7. The molecule has 10 heteroatoms. The van der Waals surface area contributed by atoms with Crippen molar-refractivity contribution < 1.29 is 4.74 Å². The third-order valence-corrected chi connectivity index (χ3v) is 8.42. The summed E-state index contributed by atoms with van der Waals surface area (Å²) in [4.78, 5) is 30.7. The standard InChI is InChI=1S/C33H32ClN7O2/c1-21-9-8-10-22(2)29(21)41-31(42)24-20-35-32(38-30(24)40-27-12-5-4-11-26(27)37-33(40)41)36-23-13-14-28(25(34)19-23)43-18-17-39-15-6-3-7-16-39/h4-5,8-14,19-20H,3,6-7,15-18H2,1-2H3,(H,35,36,38). The van der Waals surface area contributed by atoms with Gasteiger partial charge in [-0.05, 0) is 81.2 Å². The van der Waals surface area contributed by atoms with E-state index in [1.165, 1.54) is 19.3 Å². The van der Waals surface area contributed by atoms with Gasteiger partial charge in [0.25, 0.3) is 5.56 Å². The molecule has 1 aliphatic heterocycles. The number of para-hydroxylation sites is 3.